The fourth-order valence-electron chi connectivity index (χ4n) is 8.00. The molecule has 0 aliphatic carbocycles. The van der Waals surface area contributed by atoms with Crippen molar-refractivity contribution in [2.75, 3.05) is 13.2 Å². The molecule has 366 valence electrons. The number of aliphatic hydroxyl groups excluding tert-OH is 1. The van der Waals surface area contributed by atoms with E-state index in [-0.39, 0.29) is 25.2 Å². The highest BCUT2D eigenvalue weighted by Crippen LogP contribution is 2.17. The SMILES string of the molecule is CC/C=C\C/C=C\C/C=C\C/C=C\C/C=C\CCCCCCCCCCCCCCCCCCCCCCCCCCCC(=O)OC(CO)COC(=O)CCCCCCCCCC. The second-order valence-corrected chi connectivity index (χ2v) is 18.3. The van der Waals surface area contributed by atoms with Gasteiger partial charge in [0.05, 0.1) is 6.61 Å². The number of hydrogen-bond donors (Lipinski definition) is 1. The van der Waals surface area contributed by atoms with Crippen LogP contribution in [0, 0.1) is 0 Å². The van der Waals surface area contributed by atoms with E-state index in [1.165, 1.54) is 180 Å². The van der Waals surface area contributed by atoms with E-state index in [1.807, 2.05) is 0 Å². The van der Waals surface area contributed by atoms with Gasteiger partial charge in [0.25, 0.3) is 0 Å². The highest BCUT2D eigenvalue weighted by molar-refractivity contribution is 5.70. The summed E-state index contributed by atoms with van der Waals surface area (Å²) >= 11 is 0. The third-order valence-corrected chi connectivity index (χ3v) is 12.1. The zero-order valence-electron chi connectivity index (χ0n) is 41.8. The smallest absolute Gasteiger partial charge is 0.306 e. The summed E-state index contributed by atoms with van der Waals surface area (Å²) in [5.74, 6) is -0.584. The molecule has 0 aromatic rings. The van der Waals surface area contributed by atoms with Crippen molar-refractivity contribution in [1.82, 2.24) is 0 Å². The predicted octanol–water partition coefficient (Wildman–Crippen LogP) is 18.2. The molecule has 0 spiro atoms. The molecule has 5 heteroatoms. The highest BCUT2D eigenvalue weighted by atomic mass is 16.6. The standard InChI is InChI=1S/C58H104O5/c1-3-5-7-9-11-13-14-15-16-17-18-19-20-21-22-23-24-25-26-27-28-29-30-31-32-33-34-35-36-37-38-39-40-41-42-43-44-45-47-49-51-53-58(61)63-56(54-59)55-62-57(60)52-50-48-46-12-10-8-6-4-2/h5,7,11,13,15-16,18-19,21-22,56,59H,3-4,6,8-10,12,14,17,20,23-55H2,1-2H3/b7-5-,13-11-,16-15-,19-18-,22-21-. The van der Waals surface area contributed by atoms with E-state index in [0.717, 1.165) is 70.6 Å². The number of carbonyl (C=O) groups is 2. The summed E-state index contributed by atoms with van der Waals surface area (Å²) in [4.78, 5) is 24.2. The van der Waals surface area contributed by atoms with Gasteiger partial charge in [-0.25, -0.2) is 0 Å². The molecule has 1 unspecified atom stereocenters. The van der Waals surface area contributed by atoms with E-state index in [0.29, 0.717) is 12.8 Å². The Hall–Kier alpha value is -2.40. The van der Waals surface area contributed by atoms with E-state index in [4.69, 9.17) is 9.47 Å². The number of aliphatic hydroxyl groups is 1. The molecule has 0 rings (SSSR count). The van der Waals surface area contributed by atoms with E-state index in [1.54, 1.807) is 0 Å². The van der Waals surface area contributed by atoms with Crippen LogP contribution in [0.2, 0.25) is 0 Å². The van der Waals surface area contributed by atoms with Crippen LogP contribution in [0.4, 0.5) is 0 Å². The molecule has 0 radical (unpaired) electrons. The molecule has 1 N–H and O–H groups in total. The molecule has 5 nitrogen and oxygen atoms in total. The average molecular weight is 881 g/mol. The number of unbranched alkanes of at least 4 members (excludes halogenated alkanes) is 32. The van der Waals surface area contributed by atoms with Crippen molar-refractivity contribution in [3.63, 3.8) is 0 Å². The van der Waals surface area contributed by atoms with Crippen LogP contribution in [0.5, 0.6) is 0 Å². The van der Waals surface area contributed by atoms with Gasteiger partial charge in [-0.15, -0.1) is 0 Å². The molecule has 0 heterocycles. The van der Waals surface area contributed by atoms with Crippen molar-refractivity contribution in [2.45, 2.75) is 283 Å². The van der Waals surface area contributed by atoms with Gasteiger partial charge in [0, 0.05) is 12.8 Å². The van der Waals surface area contributed by atoms with Crippen LogP contribution >= 0.6 is 0 Å². The maximum Gasteiger partial charge on any atom is 0.306 e. The molecule has 63 heavy (non-hydrogen) atoms. The number of carbonyl (C=O) groups excluding carboxylic acids is 2. The zero-order chi connectivity index (χ0) is 45.6. The number of esters is 2. The summed E-state index contributed by atoms with van der Waals surface area (Å²) in [7, 11) is 0. The molecule has 0 aromatic carbocycles. The summed E-state index contributed by atoms with van der Waals surface area (Å²) in [6.07, 6.45) is 72.3. The molecule has 0 fully saturated rings. The van der Waals surface area contributed by atoms with Crippen molar-refractivity contribution in [2.24, 2.45) is 0 Å². The third-order valence-electron chi connectivity index (χ3n) is 12.1. The largest absolute Gasteiger partial charge is 0.462 e. The minimum Gasteiger partial charge on any atom is -0.462 e. The van der Waals surface area contributed by atoms with Crippen LogP contribution in [0.25, 0.3) is 0 Å². The van der Waals surface area contributed by atoms with Crippen LogP contribution in [-0.2, 0) is 19.1 Å². The maximum atomic E-state index is 12.2. The molecule has 1 atom stereocenters. The Balaban J connectivity index is 3.35. The Morgan fingerprint density at radius 3 is 1.03 bits per heavy atom. The average Bonchev–Trinajstić information content (AvgIpc) is 3.29. The van der Waals surface area contributed by atoms with Gasteiger partial charge in [0.1, 0.15) is 6.61 Å². The lowest BCUT2D eigenvalue weighted by Gasteiger charge is -2.15. The van der Waals surface area contributed by atoms with Gasteiger partial charge in [-0.05, 0) is 57.8 Å². The van der Waals surface area contributed by atoms with Gasteiger partial charge < -0.3 is 14.6 Å². The van der Waals surface area contributed by atoms with Crippen LogP contribution in [-0.4, -0.2) is 36.4 Å². The van der Waals surface area contributed by atoms with Crippen LogP contribution in [0.15, 0.2) is 60.8 Å². The quantitative estimate of drug-likeness (QED) is 0.0374. The Labute approximate surface area is 391 Å². The fraction of sp³-hybridized carbons (Fsp3) is 0.793. The maximum absolute atomic E-state index is 12.2. The van der Waals surface area contributed by atoms with Gasteiger partial charge in [0.2, 0.25) is 0 Å². The zero-order valence-corrected chi connectivity index (χ0v) is 41.8. The van der Waals surface area contributed by atoms with E-state index >= 15 is 0 Å². The van der Waals surface area contributed by atoms with Crippen molar-refractivity contribution in [1.29, 1.82) is 0 Å². The van der Waals surface area contributed by atoms with Crippen molar-refractivity contribution in [3.8, 4) is 0 Å². The summed E-state index contributed by atoms with van der Waals surface area (Å²) < 4.78 is 10.6. The van der Waals surface area contributed by atoms with E-state index < -0.39 is 6.10 Å². The molecule has 0 bridgehead atoms. The molecule has 0 saturated carbocycles. The van der Waals surface area contributed by atoms with E-state index in [2.05, 4.69) is 74.6 Å². The minimum absolute atomic E-state index is 0.0612. The van der Waals surface area contributed by atoms with Gasteiger partial charge in [-0.1, -0.05) is 267 Å². The monoisotopic (exact) mass is 881 g/mol. The van der Waals surface area contributed by atoms with Crippen molar-refractivity contribution < 1.29 is 24.2 Å². The van der Waals surface area contributed by atoms with Gasteiger partial charge in [-0.3, -0.25) is 9.59 Å². The first-order valence-corrected chi connectivity index (χ1v) is 27.3. The Morgan fingerprint density at radius 1 is 0.381 bits per heavy atom. The Kier molecular flexibility index (Phi) is 51.9. The van der Waals surface area contributed by atoms with Crippen LogP contribution < -0.4 is 0 Å². The summed E-state index contributed by atoms with van der Waals surface area (Å²) in [5, 5.41) is 9.56. The molecular formula is C58H104O5. The van der Waals surface area contributed by atoms with Crippen LogP contribution in [0.3, 0.4) is 0 Å². The molecule has 0 aliphatic rings. The van der Waals surface area contributed by atoms with Gasteiger partial charge in [0.15, 0.2) is 6.10 Å². The Bertz CT molecular complexity index is 1090. The van der Waals surface area contributed by atoms with Crippen molar-refractivity contribution >= 4 is 11.9 Å². The molecule has 0 aliphatic heterocycles. The first-order chi connectivity index (χ1) is 31.1. The van der Waals surface area contributed by atoms with E-state index in [9.17, 15) is 14.7 Å². The summed E-state index contributed by atoms with van der Waals surface area (Å²) in [6.45, 7) is 4.01. The van der Waals surface area contributed by atoms with Crippen molar-refractivity contribution in [3.05, 3.63) is 60.8 Å². The van der Waals surface area contributed by atoms with Crippen LogP contribution in [0.1, 0.15) is 277 Å². The summed E-state index contributed by atoms with van der Waals surface area (Å²) in [5.41, 5.74) is 0. The molecule has 0 amide bonds. The fourth-order valence-corrected chi connectivity index (χ4v) is 8.00. The summed E-state index contributed by atoms with van der Waals surface area (Å²) in [6, 6.07) is 0. The lowest BCUT2D eigenvalue weighted by molar-refractivity contribution is -0.161. The third kappa shape index (κ3) is 52.1. The number of hydrogen-bond acceptors (Lipinski definition) is 5. The van der Waals surface area contributed by atoms with Gasteiger partial charge in [-0.2, -0.15) is 0 Å². The van der Waals surface area contributed by atoms with Gasteiger partial charge >= 0.3 is 11.9 Å². The second-order valence-electron chi connectivity index (χ2n) is 18.3. The lowest BCUT2D eigenvalue weighted by Crippen LogP contribution is -2.28. The predicted molar refractivity (Wildman–Crippen MR) is 274 cm³/mol. The Morgan fingerprint density at radius 2 is 0.683 bits per heavy atom. The molecule has 0 saturated heterocycles. The first kappa shape index (κ1) is 60.6. The highest BCUT2D eigenvalue weighted by Gasteiger charge is 2.16. The minimum atomic E-state index is -0.765. The topological polar surface area (TPSA) is 72.8 Å². The number of allylic oxidation sites excluding steroid dienone is 10. The lowest BCUT2D eigenvalue weighted by atomic mass is 10.0. The number of rotatable bonds is 50. The number of ether oxygens (including phenoxy) is 2. The normalized spacial score (nSPS) is 12.6. The molecule has 0 aromatic heterocycles. The second kappa shape index (κ2) is 53.9. The first-order valence-electron chi connectivity index (χ1n) is 27.3. The molecular weight excluding hydrogens is 777 g/mol.